The minimum absolute atomic E-state index is 0.244. The van der Waals surface area contributed by atoms with Crippen LogP contribution in [0, 0.1) is 11.8 Å². The van der Waals surface area contributed by atoms with Gasteiger partial charge in [0.05, 0.1) is 0 Å². The predicted octanol–water partition coefficient (Wildman–Crippen LogP) is 3.18. The average Bonchev–Trinajstić information content (AvgIpc) is 2.43. The lowest BCUT2D eigenvalue weighted by Crippen LogP contribution is -2.56. The Hall–Kier alpha value is -1.46. The maximum absolute atomic E-state index is 11.4. The zero-order valence-electron chi connectivity index (χ0n) is 12.7. The molecule has 4 aliphatic rings. The number of rotatable bonds is 3. The molecule has 4 fully saturated rings. The molecule has 2 saturated heterocycles. The van der Waals surface area contributed by atoms with Gasteiger partial charge in [0.1, 0.15) is 24.4 Å². The highest BCUT2D eigenvalue weighted by molar-refractivity contribution is 5.62. The molecule has 2 atom stereocenters. The van der Waals surface area contributed by atoms with Crippen molar-refractivity contribution < 1.29 is 28.5 Å². The standard InChI is InChI=1S/C16H22O6/c17-13-19-9-11(15(21-13)5-1-6-15)3-4-12-10-20-14(18)22-16(12)7-2-8-16/h11-12H,1-10H2. The van der Waals surface area contributed by atoms with E-state index in [-0.39, 0.29) is 23.0 Å². The van der Waals surface area contributed by atoms with E-state index < -0.39 is 12.3 Å². The van der Waals surface area contributed by atoms with Crippen molar-refractivity contribution in [3.05, 3.63) is 0 Å². The van der Waals surface area contributed by atoms with Crippen molar-refractivity contribution in [2.24, 2.45) is 11.8 Å². The fraction of sp³-hybridized carbons (Fsp3) is 0.875. The van der Waals surface area contributed by atoms with Crippen LogP contribution < -0.4 is 0 Å². The molecule has 0 aromatic carbocycles. The smallest absolute Gasteiger partial charge is 0.434 e. The normalized spacial score (nSPS) is 34.7. The maximum atomic E-state index is 11.4. The summed E-state index contributed by atoms with van der Waals surface area (Å²) in [5.41, 5.74) is -0.595. The van der Waals surface area contributed by atoms with Gasteiger partial charge in [0.15, 0.2) is 0 Å². The van der Waals surface area contributed by atoms with Gasteiger partial charge in [-0.3, -0.25) is 0 Å². The summed E-state index contributed by atoms with van der Waals surface area (Å²) >= 11 is 0. The van der Waals surface area contributed by atoms with Crippen molar-refractivity contribution in [2.75, 3.05) is 13.2 Å². The van der Waals surface area contributed by atoms with Gasteiger partial charge < -0.3 is 18.9 Å². The number of hydrogen-bond donors (Lipinski definition) is 0. The Balaban J connectivity index is 1.39. The number of cyclic esters (lactones) is 2. The third kappa shape index (κ3) is 2.15. The summed E-state index contributed by atoms with van der Waals surface area (Å²) in [6.07, 6.45) is 6.75. The van der Waals surface area contributed by atoms with E-state index in [9.17, 15) is 9.59 Å². The van der Waals surface area contributed by atoms with E-state index in [2.05, 4.69) is 0 Å². The predicted molar refractivity (Wildman–Crippen MR) is 74.2 cm³/mol. The van der Waals surface area contributed by atoms with Crippen molar-refractivity contribution in [1.82, 2.24) is 0 Å². The third-order valence-electron chi connectivity index (χ3n) is 6.13. The molecule has 2 aliphatic carbocycles. The van der Waals surface area contributed by atoms with E-state index >= 15 is 0 Å². The lowest BCUT2D eigenvalue weighted by atomic mass is 9.65. The van der Waals surface area contributed by atoms with E-state index in [1.54, 1.807) is 0 Å². The SMILES string of the molecule is O=C1OCC(CCC2COC(=O)OC23CCC3)C2(CCC2)O1. The van der Waals surface area contributed by atoms with Crippen LogP contribution in [0.3, 0.4) is 0 Å². The minimum atomic E-state index is -0.527. The van der Waals surface area contributed by atoms with Crippen LogP contribution in [-0.2, 0) is 18.9 Å². The van der Waals surface area contributed by atoms with E-state index in [0.717, 1.165) is 51.4 Å². The fourth-order valence-electron chi connectivity index (χ4n) is 4.36. The highest BCUT2D eigenvalue weighted by Crippen LogP contribution is 2.49. The Labute approximate surface area is 129 Å². The number of carbonyl (C=O) groups is 2. The van der Waals surface area contributed by atoms with Crippen LogP contribution in [0.1, 0.15) is 51.4 Å². The molecule has 6 nitrogen and oxygen atoms in total. The van der Waals surface area contributed by atoms with Crippen molar-refractivity contribution in [3.8, 4) is 0 Å². The molecule has 0 bridgehead atoms. The molecule has 2 spiro atoms. The highest BCUT2D eigenvalue weighted by atomic mass is 16.7. The maximum Gasteiger partial charge on any atom is 0.508 e. The van der Waals surface area contributed by atoms with Crippen LogP contribution in [0.15, 0.2) is 0 Å². The van der Waals surface area contributed by atoms with Gasteiger partial charge in [-0.25, -0.2) is 9.59 Å². The van der Waals surface area contributed by atoms with Crippen molar-refractivity contribution >= 4 is 12.3 Å². The lowest BCUT2D eigenvalue weighted by molar-refractivity contribution is -0.180. The molecule has 0 aromatic heterocycles. The van der Waals surface area contributed by atoms with Gasteiger partial charge in [0.2, 0.25) is 0 Å². The van der Waals surface area contributed by atoms with E-state index in [0.29, 0.717) is 13.2 Å². The first-order valence-corrected chi connectivity index (χ1v) is 8.33. The Morgan fingerprint density at radius 3 is 1.50 bits per heavy atom. The molecule has 2 heterocycles. The molecule has 0 N–H and O–H groups in total. The first-order chi connectivity index (χ1) is 10.6. The largest absolute Gasteiger partial charge is 0.508 e. The van der Waals surface area contributed by atoms with Gasteiger partial charge in [-0.05, 0) is 51.4 Å². The summed E-state index contributed by atoms with van der Waals surface area (Å²) < 4.78 is 21.2. The summed E-state index contributed by atoms with van der Waals surface area (Å²) in [5, 5.41) is 0. The number of carbonyl (C=O) groups excluding carboxylic acids is 2. The summed E-state index contributed by atoms with van der Waals surface area (Å²) in [4.78, 5) is 22.8. The Morgan fingerprint density at radius 2 is 1.18 bits per heavy atom. The molecule has 4 rings (SSSR count). The molecule has 2 unspecified atom stereocenters. The quantitative estimate of drug-likeness (QED) is 0.746. The molecule has 0 radical (unpaired) electrons. The summed E-state index contributed by atoms with van der Waals surface area (Å²) in [6.45, 7) is 0.887. The van der Waals surface area contributed by atoms with Crippen LogP contribution in [0.4, 0.5) is 9.59 Å². The molecule has 22 heavy (non-hydrogen) atoms. The second-order valence-corrected chi connectivity index (χ2v) is 7.13. The monoisotopic (exact) mass is 310 g/mol. The molecule has 2 aliphatic heterocycles. The van der Waals surface area contributed by atoms with Crippen LogP contribution >= 0.6 is 0 Å². The molecule has 6 heteroatoms. The molecule has 0 aromatic rings. The fourth-order valence-corrected chi connectivity index (χ4v) is 4.36. The topological polar surface area (TPSA) is 71.1 Å². The Bertz CT molecular complexity index is 435. The van der Waals surface area contributed by atoms with Crippen molar-refractivity contribution in [1.29, 1.82) is 0 Å². The number of ether oxygens (including phenoxy) is 4. The van der Waals surface area contributed by atoms with Gasteiger partial charge >= 0.3 is 12.3 Å². The van der Waals surface area contributed by atoms with Crippen LogP contribution in [-0.4, -0.2) is 36.7 Å². The molecular formula is C16H22O6. The molecule has 122 valence electrons. The molecule has 2 saturated carbocycles. The van der Waals surface area contributed by atoms with Crippen LogP contribution in [0.25, 0.3) is 0 Å². The Morgan fingerprint density at radius 1 is 0.773 bits per heavy atom. The van der Waals surface area contributed by atoms with E-state index in [4.69, 9.17) is 18.9 Å². The lowest BCUT2D eigenvalue weighted by Gasteiger charge is -2.51. The summed E-state index contributed by atoms with van der Waals surface area (Å²) in [7, 11) is 0. The van der Waals surface area contributed by atoms with Gasteiger partial charge in [0, 0.05) is 11.8 Å². The molecule has 0 amide bonds. The van der Waals surface area contributed by atoms with Crippen LogP contribution in [0.2, 0.25) is 0 Å². The summed E-state index contributed by atoms with van der Waals surface area (Å²) in [5.74, 6) is 0.488. The zero-order chi connectivity index (χ0) is 15.2. The van der Waals surface area contributed by atoms with Gasteiger partial charge in [0.25, 0.3) is 0 Å². The van der Waals surface area contributed by atoms with Gasteiger partial charge in [-0.2, -0.15) is 0 Å². The van der Waals surface area contributed by atoms with Gasteiger partial charge in [-0.1, -0.05) is 0 Å². The highest BCUT2D eigenvalue weighted by Gasteiger charge is 2.54. The van der Waals surface area contributed by atoms with Crippen molar-refractivity contribution in [2.45, 2.75) is 62.6 Å². The Kier molecular flexibility index (Phi) is 3.24. The van der Waals surface area contributed by atoms with Crippen molar-refractivity contribution in [3.63, 3.8) is 0 Å². The summed E-state index contributed by atoms with van der Waals surface area (Å²) in [6, 6.07) is 0. The molecular weight excluding hydrogens is 288 g/mol. The second kappa shape index (κ2) is 5.03. The first kappa shape index (κ1) is 14.2. The minimum Gasteiger partial charge on any atom is -0.434 e. The average molecular weight is 310 g/mol. The number of hydrogen-bond acceptors (Lipinski definition) is 6. The first-order valence-electron chi connectivity index (χ1n) is 8.33. The van der Waals surface area contributed by atoms with Gasteiger partial charge in [-0.15, -0.1) is 0 Å². The second-order valence-electron chi connectivity index (χ2n) is 7.13. The third-order valence-corrected chi connectivity index (χ3v) is 6.13. The van der Waals surface area contributed by atoms with Crippen LogP contribution in [0.5, 0.6) is 0 Å². The zero-order valence-corrected chi connectivity index (χ0v) is 12.7. The van der Waals surface area contributed by atoms with E-state index in [1.807, 2.05) is 0 Å². The van der Waals surface area contributed by atoms with E-state index in [1.165, 1.54) is 0 Å².